The number of carbonyl (C=O) groups is 4. The molecule has 0 aromatic carbocycles. The number of hydrazine groups is 2. The van der Waals surface area contributed by atoms with Gasteiger partial charge in [-0.05, 0) is 6.42 Å². The maximum absolute atomic E-state index is 12.2. The number of imide groups is 1. The van der Waals surface area contributed by atoms with Gasteiger partial charge in [0.25, 0.3) is 5.91 Å². The first-order valence-corrected chi connectivity index (χ1v) is 6.57. The minimum atomic E-state index is -0.621. The molecule has 6 N–H and O–H groups in total. The molecule has 0 saturated carbocycles. The van der Waals surface area contributed by atoms with Gasteiger partial charge in [-0.2, -0.15) is 0 Å². The highest BCUT2D eigenvalue weighted by molar-refractivity contribution is 6.04. The highest BCUT2D eigenvalue weighted by Gasteiger charge is 2.43. The van der Waals surface area contributed by atoms with Gasteiger partial charge in [-0.3, -0.25) is 30.1 Å². The van der Waals surface area contributed by atoms with E-state index >= 15 is 0 Å². The van der Waals surface area contributed by atoms with Crippen molar-refractivity contribution >= 4 is 23.8 Å². The Balaban J connectivity index is 2.71. The van der Waals surface area contributed by atoms with Crippen molar-refractivity contribution in [2.24, 2.45) is 11.7 Å². The van der Waals surface area contributed by atoms with Crippen LogP contribution in [0.1, 0.15) is 26.2 Å². The van der Waals surface area contributed by atoms with Crippen LogP contribution >= 0.6 is 0 Å². The van der Waals surface area contributed by atoms with Crippen LogP contribution in [0.5, 0.6) is 0 Å². The molecule has 1 unspecified atom stereocenters. The smallest absolute Gasteiger partial charge is 0.312 e. The van der Waals surface area contributed by atoms with E-state index in [0.717, 1.165) is 4.90 Å². The summed E-state index contributed by atoms with van der Waals surface area (Å²) in [6.07, 6.45) is 0.360. The first-order chi connectivity index (χ1) is 9.96. The Kier molecular flexibility index (Phi) is 6.06. The van der Waals surface area contributed by atoms with Gasteiger partial charge in [0, 0.05) is 25.9 Å². The third-order valence-corrected chi connectivity index (χ3v) is 3.25. The summed E-state index contributed by atoms with van der Waals surface area (Å²) < 4.78 is 0. The molecule has 1 aliphatic heterocycles. The minimum absolute atomic E-state index is 0.00312. The number of amides is 5. The van der Waals surface area contributed by atoms with Crippen LogP contribution in [0, 0.1) is 0 Å². The molecule has 118 valence electrons. The van der Waals surface area contributed by atoms with Crippen molar-refractivity contribution in [3.63, 3.8) is 0 Å². The SMILES string of the molecule is CCC1C(=O)N(CCC(=O)NN)C(=O)N1CCC(=O)NN. The number of nitrogens with zero attached hydrogens (tertiary/aromatic N) is 2. The van der Waals surface area contributed by atoms with Gasteiger partial charge in [0.05, 0.1) is 0 Å². The number of hydrogen-bond donors (Lipinski definition) is 4. The molecule has 10 nitrogen and oxygen atoms in total. The fraction of sp³-hybridized carbons (Fsp3) is 0.636. The van der Waals surface area contributed by atoms with Crippen molar-refractivity contribution in [1.82, 2.24) is 20.7 Å². The zero-order chi connectivity index (χ0) is 16.0. The first kappa shape index (κ1) is 16.9. The summed E-state index contributed by atoms with van der Waals surface area (Å²) in [5.41, 5.74) is 3.90. The second kappa shape index (κ2) is 7.55. The Hall–Kier alpha value is -2.20. The molecule has 5 amide bonds. The van der Waals surface area contributed by atoms with Crippen molar-refractivity contribution in [2.45, 2.75) is 32.2 Å². The lowest BCUT2D eigenvalue weighted by Gasteiger charge is -2.20. The van der Waals surface area contributed by atoms with Crippen LogP contribution in [0.15, 0.2) is 0 Å². The average molecular weight is 300 g/mol. The molecule has 1 saturated heterocycles. The molecule has 21 heavy (non-hydrogen) atoms. The topological polar surface area (TPSA) is 151 Å². The zero-order valence-corrected chi connectivity index (χ0v) is 11.8. The highest BCUT2D eigenvalue weighted by Crippen LogP contribution is 2.20. The van der Waals surface area contributed by atoms with Crippen molar-refractivity contribution in [1.29, 1.82) is 0 Å². The fourth-order valence-corrected chi connectivity index (χ4v) is 2.13. The molecule has 10 heteroatoms. The Bertz CT molecular complexity index is 440. The van der Waals surface area contributed by atoms with E-state index in [-0.39, 0.29) is 31.8 Å². The lowest BCUT2D eigenvalue weighted by molar-refractivity contribution is -0.129. The zero-order valence-electron chi connectivity index (χ0n) is 11.8. The standard InChI is InChI=1S/C11H20N6O4/c1-2-7-10(20)17(6-4-9(19)15-13)11(21)16(7)5-3-8(18)14-12/h7H,2-6,12-13H2,1H3,(H,14,18)(H,15,19). The van der Waals surface area contributed by atoms with Gasteiger partial charge < -0.3 is 4.90 Å². The van der Waals surface area contributed by atoms with E-state index in [9.17, 15) is 19.2 Å². The van der Waals surface area contributed by atoms with Crippen LogP contribution < -0.4 is 22.5 Å². The van der Waals surface area contributed by atoms with Crippen LogP contribution in [-0.2, 0) is 14.4 Å². The summed E-state index contributed by atoms with van der Waals surface area (Å²) in [4.78, 5) is 48.9. The number of hydrogen-bond acceptors (Lipinski definition) is 6. The minimum Gasteiger partial charge on any atom is -0.312 e. The third-order valence-electron chi connectivity index (χ3n) is 3.25. The van der Waals surface area contributed by atoms with E-state index in [0.29, 0.717) is 6.42 Å². The normalized spacial score (nSPS) is 18.1. The van der Waals surface area contributed by atoms with Crippen LogP contribution in [-0.4, -0.2) is 52.7 Å². The summed E-state index contributed by atoms with van der Waals surface area (Å²) >= 11 is 0. The van der Waals surface area contributed by atoms with Crippen LogP contribution in [0.3, 0.4) is 0 Å². The fourth-order valence-electron chi connectivity index (χ4n) is 2.13. The van der Waals surface area contributed by atoms with Crippen molar-refractivity contribution < 1.29 is 19.2 Å². The van der Waals surface area contributed by atoms with E-state index in [2.05, 4.69) is 0 Å². The quantitative estimate of drug-likeness (QED) is 0.181. The summed E-state index contributed by atoms with van der Waals surface area (Å²) in [7, 11) is 0. The molecule has 0 aromatic heterocycles. The largest absolute Gasteiger partial charge is 0.327 e. The molecular weight excluding hydrogens is 280 g/mol. The first-order valence-electron chi connectivity index (χ1n) is 6.57. The predicted molar refractivity (Wildman–Crippen MR) is 71.8 cm³/mol. The van der Waals surface area contributed by atoms with Crippen LogP contribution in [0.4, 0.5) is 4.79 Å². The summed E-state index contributed by atoms with van der Waals surface area (Å²) in [5.74, 6) is 8.65. The molecule has 0 aliphatic carbocycles. The second-order valence-electron chi connectivity index (χ2n) is 4.52. The molecule has 0 bridgehead atoms. The van der Waals surface area contributed by atoms with E-state index < -0.39 is 23.9 Å². The predicted octanol–water partition coefficient (Wildman–Crippen LogP) is -2.21. The lowest BCUT2D eigenvalue weighted by atomic mass is 10.2. The van der Waals surface area contributed by atoms with Gasteiger partial charge in [-0.25, -0.2) is 16.5 Å². The number of carbonyl (C=O) groups excluding carboxylic acids is 4. The summed E-state index contributed by atoms with van der Waals surface area (Å²) in [6, 6.07) is -1.13. The molecule has 1 rings (SSSR count). The highest BCUT2D eigenvalue weighted by atomic mass is 16.2. The number of urea groups is 1. The van der Waals surface area contributed by atoms with E-state index in [1.54, 1.807) is 6.92 Å². The van der Waals surface area contributed by atoms with E-state index in [1.165, 1.54) is 4.90 Å². The summed E-state index contributed by atoms with van der Waals surface area (Å²) in [5, 5.41) is 0. The molecule has 1 atom stereocenters. The van der Waals surface area contributed by atoms with Crippen molar-refractivity contribution in [3.05, 3.63) is 0 Å². The Morgan fingerprint density at radius 3 is 2.10 bits per heavy atom. The van der Waals surface area contributed by atoms with Gasteiger partial charge >= 0.3 is 6.03 Å². The molecular formula is C11H20N6O4. The maximum atomic E-state index is 12.2. The van der Waals surface area contributed by atoms with Gasteiger partial charge in [0.2, 0.25) is 11.8 Å². The lowest BCUT2D eigenvalue weighted by Crippen LogP contribution is -2.40. The third kappa shape index (κ3) is 3.89. The average Bonchev–Trinajstić information content (AvgIpc) is 2.72. The number of rotatable bonds is 7. The van der Waals surface area contributed by atoms with E-state index in [4.69, 9.17) is 11.7 Å². The van der Waals surface area contributed by atoms with Gasteiger partial charge in [0.1, 0.15) is 6.04 Å². The number of nitrogens with one attached hydrogen (secondary N) is 2. The second-order valence-corrected chi connectivity index (χ2v) is 4.52. The van der Waals surface area contributed by atoms with Gasteiger partial charge in [-0.15, -0.1) is 0 Å². The molecule has 1 heterocycles. The van der Waals surface area contributed by atoms with Crippen molar-refractivity contribution in [2.75, 3.05) is 13.1 Å². The Labute approximate surface area is 121 Å². The summed E-state index contributed by atoms with van der Waals surface area (Å²) in [6.45, 7) is 1.81. The van der Waals surface area contributed by atoms with Crippen LogP contribution in [0.2, 0.25) is 0 Å². The molecule has 0 aromatic rings. The molecule has 0 spiro atoms. The van der Waals surface area contributed by atoms with Crippen molar-refractivity contribution in [3.8, 4) is 0 Å². The maximum Gasteiger partial charge on any atom is 0.327 e. The number of nitrogens with two attached hydrogens (primary N) is 2. The Morgan fingerprint density at radius 2 is 1.62 bits per heavy atom. The van der Waals surface area contributed by atoms with Crippen LogP contribution in [0.25, 0.3) is 0 Å². The van der Waals surface area contributed by atoms with Gasteiger partial charge in [-0.1, -0.05) is 6.92 Å². The monoisotopic (exact) mass is 300 g/mol. The Morgan fingerprint density at radius 1 is 1.10 bits per heavy atom. The van der Waals surface area contributed by atoms with Gasteiger partial charge in [0.15, 0.2) is 0 Å². The van der Waals surface area contributed by atoms with E-state index in [1.807, 2.05) is 10.9 Å². The molecule has 0 radical (unpaired) electrons. The molecule has 1 aliphatic rings. The molecule has 1 fully saturated rings.